The van der Waals surface area contributed by atoms with Crippen molar-refractivity contribution in [2.24, 2.45) is 0 Å². The maximum Gasteiger partial charge on any atom is 0.225 e. The van der Waals surface area contributed by atoms with E-state index >= 15 is 0 Å². The van der Waals surface area contributed by atoms with Crippen molar-refractivity contribution >= 4 is 11.8 Å². The lowest BCUT2D eigenvalue weighted by Crippen LogP contribution is -2.38. The number of likely N-dealkylation sites (tertiary alicyclic amines) is 1. The number of carbonyl (C=O) groups is 2. The highest BCUT2D eigenvalue weighted by atomic mass is 16.2. The summed E-state index contributed by atoms with van der Waals surface area (Å²) >= 11 is 0. The van der Waals surface area contributed by atoms with Crippen LogP contribution in [0.3, 0.4) is 0 Å². The molecular weight excluding hydrogens is 192 g/mol. The quantitative estimate of drug-likeness (QED) is 0.753. The van der Waals surface area contributed by atoms with E-state index in [9.17, 15) is 9.59 Å². The van der Waals surface area contributed by atoms with Crippen molar-refractivity contribution < 1.29 is 9.59 Å². The first-order valence-electron chi connectivity index (χ1n) is 5.63. The van der Waals surface area contributed by atoms with E-state index in [0.29, 0.717) is 19.4 Å². The molecule has 1 saturated heterocycles. The monoisotopic (exact) mass is 212 g/mol. The number of amides is 2. The summed E-state index contributed by atoms with van der Waals surface area (Å²) in [6.07, 6.45) is 1.85. The summed E-state index contributed by atoms with van der Waals surface area (Å²) < 4.78 is 0. The Kier molecular flexibility index (Phi) is 4.12. The maximum absolute atomic E-state index is 11.5. The van der Waals surface area contributed by atoms with Crippen LogP contribution in [0.4, 0.5) is 0 Å². The van der Waals surface area contributed by atoms with E-state index in [4.69, 9.17) is 0 Å². The lowest BCUT2D eigenvalue weighted by molar-refractivity contribution is -0.129. The molecule has 1 rings (SSSR count). The molecule has 4 heteroatoms. The minimum atomic E-state index is 0.0129. The first kappa shape index (κ1) is 12.0. The fourth-order valence-corrected chi connectivity index (χ4v) is 1.85. The highest BCUT2D eigenvalue weighted by molar-refractivity contribution is 5.82. The average Bonchev–Trinajstić information content (AvgIpc) is 2.47. The summed E-state index contributed by atoms with van der Waals surface area (Å²) in [7, 11) is 0. The molecule has 2 amide bonds. The lowest BCUT2D eigenvalue weighted by Gasteiger charge is -2.21. The molecule has 0 aromatic rings. The minimum Gasteiger partial charge on any atom is -0.351 e. The van der Waals surface area contributed by atoms with Crippen LogP contribution < -0.4 is 5.32 Å². The Hall–Kier alpha value is -1.06. The van der Waals surface area contributed by atoms with Crippen molar-refractivity contribution in [1.82, 2.24) is 10.2 Å². The van der Waals surface area contributed by atoms with Gasteiger partial charge in [-0.3, -0.25) is 9.59 Å². The fourth-order valence-electron chi connectivity index (χ4n) is 1.85. The van der Waals surface area contributed by atoms with Gasteiger partial charge < -0.3 is 10.2 Å². The largest absolute Gasteiger partial charge is 0.351 e. The van der Waals surface area contributed by atoms with Crippen LogP contribution in [0.25, 0.3) is 0 Å². The first-order valence-corrected chi connectivity index (χ1v) is 5.63. The number of rotatable bonds is 4. The zero-order chi connectivity index (χ0) is 11.4. The van der Waals surface area contributed by atoms with Gasteiger partial charge in [-0.05, 0) is 20.3 Å². The number of hydrogen-bond acceptors (Lipinski definition) is 2. The van der Waals surface area contributed by atoms with Crippen LogP contribution in [0, 0.1) is 0 Å². The Labute approximate surface area is 91.0 Å². The Bertz CT molecular complexity index is 251. The summed E-state index contributed by atoms with van der Waals surface area (Å²) in [6.45, 7) is 6.62. The summed E-state index contributed by atoms with van der Waals surface area (Å²) in [5.41, 5.74) is 0. The van der Waals surface area contributed by atoms with Crippen molar-refractivity contribution in [3.63, 3.8) is 0 Å². The third-order valence-electron chi connectivity index (χ3n) is 2.62. The number of nitrogens with zero attached hydrogens (tertiary/aromatic N) is 1. The lowest BCUT2D eigenvalue weighted by atomic mass is 10.2. The van der Waals surface area contributed by atoms with Crippen molar-refractivity contribution in [2.45, 2.75) is 52.1 Å². The smallest absolute Gasteiger partial charge is 0.225 e. The van der Waals surface area contributed by atoms with E-state index in [1.54, 1.807) is 0 Å². The predicted molar refractivity (Wildman–Crippen MR) is 58.3 cm³/mol. The van der Waals surface area contributed by atoms with Gasteiger partial charge in [0, 0.05) is 25.4 Å². The molecule has 0 spiro atoms. The Balaban J connectivity index is 2.41. The highest BCUT2D eigenvalue weighted by Gasteiger charge is 2.31. The van der Waals surface area contributed by atoms with E-state index in [1.165, 1.54) is 0 Å². The van der Waals surface area contributed by atoms with Crippen LogP contribution in [-0.4, -0.2) is 35.3 Å². The van der Waals surface area contributed by atoms with E-state index in [0.717, 1.165) is 6.42 Å². The molecule has 1 aliphatic heterocycles. The van der Waals surface area contributed by atoms with Crippen molar-refractivity contribution in [2.75, 3.05) is 6.54 Å². The fraction of sp³-hybridized carbons (Fsp3) is 0.818. The van der Waals surface area contributed by atoms with E-state index in [1.807, 2.05) is 25.7 Å². The molecule has 0 aliphatic carbocycles. The minimum absolute atomic E-state index is 0.0129. The van der Waals surface area contributed by atoms with E-state index < -0.39 is 0 Å². The van der Waals surface area contributed by atoms with Gasteiger partial charge in [-0.25, -0.2) is 0 Å². The zero-order valence-corrected chi connectivity index (χ0v) is 9.75. The van der Waals surface area contributed by atoms with Gasteiger partial charge in [-0.2, -0.15) is 0 Å². The van der Waals surface area contributed by atoms with Crippen LogP contribution in [0.15, 0.2) is 0 Å². The zero-order valence-electron chi connectivity index (χ0n) is 9.75. The highest BCUT2D eigenvalue weighted by Crippen LogP contribution is 2.14. The van der Waals surface area contributed by atoms with Gasteiger partial charge in [0.05, 0.1) is 6.04 Å². The van der Waals surface area contributed by atoms with Crippen LogP contribution in [0.2, 0.25) is 0 Å². The van der Waals surface area contributed by atoms with Crippen LogP contribution >= 0.6 is 0 Å². The molecule has 1 N–H and O–H groups in total. The standard InChI is InChI=1S/C11H20N2O2/c1-4-5-10(14)12-9-6-11(15)13(7-9)8(2)3/h8-9H,4-7H2,1-3H3,(H,12,14). The third-order valence-corrected chi connectivity index (χ3v) is 2.62. The average molecular weight is 212 g/mol. The van der Waals surface area contributed by atoms with Crippen molar-refractivity contribution in [3.05, 3.63) is 0 Å². The normalized spacial score (nSPS) is 21.2. The Morgan fingerprint density at radius 1 is 1.60 bits per heavy atom. The van der Waals surface area contributed by atoms with Gasteiger partial charge in [0.2, 0.25) is 11.8 Å². The van der Waals surface area contributed by atoms with E-state index in [-0.39, 0.29) is 23.9 Å². The second kappa shape index (κ2) is 5.14. The van der Waals surface area contributed by atoms with Crippen LogP contribution in [0.5, 0.6) is 0 Å². The molecule has 15 heavy (non-hydrogen) atoms. The third kappa shape index (κ3) is 3.22. The molecular formula is C11H20N2O2. The van der Waals surface area contributed by atoms with Crippen LogP contribution in [-0.2, 0) is 9.59 Å². The maximum atomic E-state index is 11.5. The SMILES string of the molecule is CCCC(=O)NC1CC(=O)N(C(C)C)C1. The molecule has 0 bridgehead atoms. The van der Waals surface area contributed by atoms with Crippen LogP contribution in [0.1, 0.15) is 40.0 Å². The topological polar surface area (TPSA) is 49.4 Å². The molecule has 1 unspecified atom stereocenters. The second-order valence-electron chi connectivity index (χ2n) is 4.36. The molecule has 0 aromatic heterocycles. The molecule has 1 aliphatic rings. The molecule has 1 heterocycles. The number of carbonyl (C=O) groups excluding carboxylic acids is 2. The van der Waals surface area contributed by atoms with Gasteiger partial charge in [0.1, 0.15) is 0 Å². The Morgan fingerprint density at radius 3 is 2.73 bits per heavy atom. The summed E-state index contributed by atoms with van der Waals surface area (Å²) in [5.74, 6) is 0.202. The van der Waals surface area contributed by atoms with Gasteiger partial charge in [-0.1, -0.05) is 6.92 Å². The molecule has 0 aromatic carbocycles. The summed E-state index contributed by atoms with van der Waals surface area (Å²) in [5, 5.41) is 2.89. The molecule has 1 atom stereocenters. The van der Waals surface area contributed by atoms with Crippen molar-refractivity contribution in [1.29, 1.82) is 0 Å². The molecule has 86 valence electrons. The van der Waals surface area contributed by atoms with E-state index in [2.05, 4.69) is 5.32 Å². The molecule has 0 saturated carbocycles. The molecule has 4 nitrogen and oxygen atoms in total. The first-order chi connectivity index (χ1) is 7.04. The van der Waals surface area contributed by atoms with Gasteiger partial charge in [0.15, 0.2) is 0 Å². The Morgan fingerprint density at radius 2 is 2.27 bits per heavy atom. The number of nitrogens with one attached hydrogen (secondary N) is 1. The van der Waals surface area contributed by atoms with Gasteiger partial charge in [-0.15, -0.1) is 0 Å². The predicted octanol–water partition coefficient (Wildman–Crippen LogP) is 0.912. The summed E-state index contributed by atoms with van der Waals surface area (Å²) in [6, 6.07) is 0.240. The molecule has 1 fully saturated rings. The van der Waals surface area contributed by atoms with Gasteiger partial charge >= 0.3 is 0 Å². The number of hydrogen-bond donors (Lipinski definition) is 1. The summed E-state index contributed by atoms with van der Waals surface area (Å²) in [4.78, 5) is 24.7. The van der Waals surface area contributed by atoms with Crippen molar-refractivity contribution in [3.8, 4) is 0 Å². The molecule has 0 radical (unpaired) electrons. The second-order valence-corrected chi connectivity index (χ2v) is 4.36. The van der Waals surface area contributed by atoms with Gasteiger partial charge in [0.25, 0.3) is 0 Å².